The molecule has 0 bridgehead atoms. The van der Waals surface area contributed by atoms with E-state index < -0.39 is 10.8 Å². The predicted molar refractivity (Wildman–Crippen MR) is 74.2 cm³/mol. The molecule has 0 aliphatic carbocycles. The summed E-state index contributed by atoms with van der Waals surface area (Å²) < 4.78 is 12.4. The van der Waals surface area contributed by atoms with E-state index in [9.17, 15) is 9.00 Å². The van der Waals surface area contributed by atoms with Gasteiger partial charge in [0.25, 0.3) is 0 Å². The van der Waals surface area contributed by atoms with Gasteiger partial charge in [-0.1, -0.05) is 24.3 Å². The first-order chi connectivity index (χ1) is 9.20. The maximum absolute atomic E-state index is 12.4. The molecular weight excluding hydrogens is 260 g/mol. The fourth-order valence-corrected chi connectivity index (χ4v) is 3.59. The van der Waals surface area contributed by atoms with Crippen molar-refractivity contribution >= 4 is 22.4 Å². The van der Waals surface area contributed by atoms with E-state index in [1.54, 1.807) is 12.1 Å². The molecule has 4 nitrogen and oxygen atoms in total. The van der Waals surface area contributed by atoms with Crippen molar-refractivity contribution < 1.29 is 9.00 Å². The Bertz CT molecular complexity index is 698. The van der Waals surface area contributed by atoms with Gasteiger partial charge in [0.05, 0.1) is 27.1 Å². The van der Waals surface area contributed by atoms with Crippen molar-refractivity contribution in [3.63, 3.8) is 0 Å². The summed E-state index contributed by atoms with van der Waals surface area (Å²) >= 11 is 0. The zero-order valence-electron chi connectivity index (χ0n) is 10.1. The lowest BCUT2D eigenvalue weighted by Gasteiger charge is -2.05. The number of hydrogen-bond acceptors (Lipinski definition) is 3. The number of benzene rings is 2. The van der Waals surface area contributed by atoms with Crippen LogP contribution in [0.15, 0.2) is 52.3 Å². The van der Waals surface area contributed by atoms with Crippen LogP contribution in [0.5, 0.6) is 0 Å². The highest BCUT2D eigenvalue weighted by Gasteiger charge is 2.25. The number of rotatable bonds is 2. The Morgan fingerprint density at radius 1 is 1.11 bits per heavy atom. The van der Waals surface area contributed by atoms with Crippen LogP contribution in [0.25, 0.3) is 11.1 Å². The minimum Gasteiger partial charge on any atom is -0.325 e. The number of hydrogen-bond donors (Lipinski definition) is 2. The molecule has 3 N–H and O–H groups in total. The molecule has 5 heteroatoms. The minimum absolute atomic E-state index is 0.0690. The molecule has 2 aromatic rings. The topological polar surface area (TPSA) is 72.2 Å². The molecule has 1 heterocycles. The fourth-order valence-electron chi connectivity index (χ4n) is 2.16. The largest absolute Gasteiger partial charge is 0.325 e. The van der Waals surface area contributed by atoms with E-state index in [4.69, 9.17) is 5.73 Å². The molecule has 1 unspecified atom stereocenters. The molecule has 0 fully saturated rings. The van der Waals surface area contributed by atoms with Crippen molar-refractivity contribution in [1.29, 1.82) is 0 Å². The van der Waals surface area contributed by atoms with Crippen molar-refractivity contribution in [1.82, 2.24) is 0 Å². The van der Waals surface area contributed by atoms with Gasteiger partial charge < -0.3 is 11.1 Å². The van der Waals surface area contributed by atoms with E-state index in [0.29, 0.717) is 5.69 Å². The molecule has 0 saturated carbocycles. The lowest BCUT2D eigenvalue weighted by molar-refractivity contribution is -0.114. The van der Waals surface area contributed by atoms with Crippen molar-refractivity contribution in [3.05, 3.63) is 42.5 Å². The monoisotopic (exact) mass is 272 g/mol. The number of amides is 1. The Morgan fingerprint density at radius 2 is 1.84 bits per heavy atom. The number of carbonyl (C=O) groups is 1. The normalized spacial score (nSPS) is 15.7. The zero-order chi connectivity index (χ0) is 13.4. The highest BCUT2D eigenvalue weighted by molar-refractivity contribution is 7.85. The Balaban J connectivity index is 2.05. The van der Waals surface area contributed by atoms with Gasteiger partial charge >= 0.3 is 0 Å². The lowest BCUT2D eigenvalue weighted by atomic mass is 10.1. The first kappa shape index (κ1) is 12.1. The average molecular weight is 272 g/mol. The maximum atomic E-state index is 12.4. The zero-order valence-corrected chi connectivity index (χ0v) is 10.9. The van der Waals surface area contributed by atoms with Crippen LogP contribution >= 0.6 is 0 Å². The van der Waals surface area contributed by atoms with Crippen LogP contribution in [-0.4, -0.2) is 16.7 Å². The van der Waals surface area contributed by atoms with E-state index in [1.807, 2.05) is 30.3 Å². The Kier molecular flexibility index (Phi) is 2.93. The van der Waals surface area contributed by atoms with Crippen LogP contribution in [-0.2, 0) is 15.6 Å². The van der Waals surface area contributed by atoms with Crippen LogP contribution in [0.4, 0.5) is 5.69 Å². The molecule has 1 aliphatic rings. The van der Waals surface area contributed by atoms with Gasteiger partial charge in [-0.15, -0.1) is 0 Å². The van der Waals surface area contributed by atoms with Crippen LogP contribution in [0.1, 0.15) is 0 Å². The van der Waals surface area contributed by atoms with Gasteiger partial charge in [-0.3, -0.25) is 4.79 Å². The number of fused-ring (bicyclic) bond motifs is 3. The van der Waals surface area contributed by atoms with E-state index in [1.165, 1.54) is 0 Å². The molecule has 1 amide bonds. The van der Waals surface area contributed by atoms with Crippen molar-refractivity contribution in [3.8, 4) is 11.1 Å². The van der Waals surface area contributed by atoms with Gasteiger partial charge in [-0.2, -0.15) is 0 Å². The fraction of sp³-hybridized carbons (Fsp3) is 0.0714. The number of nitrogens with one attached hydrogen (secondary N) is 1. The first-order valence-electron chi connectivity index (χ1n) is 5.86. The molecular formula is C14H12N2O2S. The maximum Gasteiger partial charge on any atom is 0.238 e. The van der Waals surface area contributed by atoms with Crippen LogP contribution < -0.4 is 11.1 Å². The molecule has 1 atom stereocenters. The first-order valence-corrected chi connectivity index (χ1v) is 7.01. The SMILES string of the molecule is NCC(=O)Nc1ccc2c(c1)S(=O)c1ccccc1-2. The van der Waals surface area contributed by atoms with Gasteiger partial charge in [-0.05, 0) is 29.3 Å². The molecule has 3 rings (SSSR count). The summed E-state index contributed by atoms with van der Waals surface area (Å²) in [7, 11) is -1.18. The lowest BCUT2D eigenvalue weighted by Crippen LogP contribution is -2.21. The number of nitrogens with two attached hydrogens (primary N) is 1. The van der Waals surface area contributed by atoms with Crippen LogP contribution in [0, 0.1) is 0 Å². The molecule has 0 saturated heterocycles. The summed E-state index contributed by atoms with van der Waals surface area (Å²) in [6.07, 6.45) is 0. The van der Waals surface area contributed by atoms with E-state index in [2.05, 4.69) is 5.32 Å². The van der Waals surface area contributed by atoms with Gasteiger partial charge in [-0.25, -0.2) is 4.21 Å². The van der Waals surface area contributed by atoms with Gasteiger partial charge in [0.15, 0.2) is 0 Å². The quantitative estimate of drug-likeness (QED) is 0.746. The van der Waals surface area contributed by atoms with Gasteiger partial charge in [0.1, 0.15) is 0 Å². The van der Waals surface area contributed by atoms with Crippen molar-refractivity contribution in [2.45, 2.75) is 9.79 Å². The van der Waals surface area contributed by atoms with Crippen molar-refractivity contribution in [2.24, 2.45) is 5.73 Å². The molecule has 19 heavy (non-hydrogen) atoms. The third-order valence-corrected chi connectivity index (χ3v) is 4.52. The molecule has 96 valence electrons. The predicted octanol–water partition coefficient (Wildman–Crippen LogP) is 1.73. The molecule has 0 radical (unpaired) electrons. The average Bonchev–Trinajstić information content (AvgIpc) is 2.73. The Labute approximate surface area is 113 Å². The summed E-state index contributed by atoms with van der Waals surface area (Å²) in [6, 6.07) is 13.0. The van der Waals surface area contributed by atoms with Gasteiger partial charge in [0, 0.05) is 5.69 Å². The van der Waals surface area contributed by atoms with E-state index in [-0.39, 0.29) is 12.5 Å². The Hall–Kier alpha value is -1.98. The Morgan fingerprint density at radius 3 is 2.63 bits per heavy atom. The van der Waals surface area contributed by atoms with E-state index in [0.717, 1.165) is 20.9 Å². The second-order valence-electron chi connectivity index (χ2n) is 4.23. The molecule has 1 aliphatic heterocycles. The molecule has 0 aromatic heterocycles. The highest BCUT2D eigenvalue weighted by Crippen LogP contribution is 2.41. The second kappa shape index (κ2) is 4.60. The third kappa shape index (κ3) is 1.97. The summed E-state index contributed by atoms with van der Waals surface area (Å²) in [4.78, 5) is 12.8. The summed E-state index contributed by atoms with van der Waals surface area (Å²) in [5.74, 6) is -0.263. The molecule has 2 aromatic carbocycles. The molecule has 0 spiro atoms. The number of carbonyl (C=O) groups excluding carboxylic acids is 1. The van der Waals surface area contributed by atoms with Crippen molar-refractivity contribution in [2.75, 3.05) is 11.9 Å². The number of anilines is 1. The standard InChI is InChI=1S/C14H12N2O2S/c15-8-14(17)16-9-5-6-11-10-3-1-2-4-12(10)19(18)13(11)7-9/h1-7H,8,15H2,(H,16,17). The van der Waals surface area contributed by atoms with Crippen LogP contribution in [0.3, 0.4) is 0 Å². The third-order valence-electron chi connectivity index (χ3n) is 3.03. The van der Waals surface area contributed by atoms with Gasteiger partial charge in [0.2, 0.25) is 5.91 Å². The second-order valence-corrected chi connectivity index (χ2v) is 5.65. The van der Waals surface area contributed by atoms with Crippen LogP contribution in [0.2, 0.25) is 0 Å². The summed E-state index contributed by atoms with van der Waals surface area (Å²) in [6.45, 7) is -0.0690. The van der Waals surface area contributed by atoms with E-state index >= 15 is 0 Å². The summed E-state index contributed by atoms with van der Waals surface area (Å²) in [5, 5.41) is 2.67. The highest BCUT2D eigenvalue weighted by atomic mass is 32.2. The summed E-state index contributed by atoms with van der Waals surface area (Å²) in [5.41, 5.74) is 7.83. The smallest absolute Gasteiger partial charge is 0.238 e. The minimum atomic E-state index is -1.18.